The average Bonchev–Trinajstić information content (AvgIpc) is 3.01. The highest BCUT2D eigenvalue weighted by atomic mass is 32.2. The maximum Gasteiger partial charge on any atom is 0.264 e. The summed E-state index contributed by atoms with van der Waals surface area (Å²) in [5.41, 5.74) is 3.75. The van der Waals surface area contributed by atoms with Gasteiger partial charge in [-0.1, -0.05) is 45.0 Å². The van der Waals surface area contributed by atoms with Gasteiger partial charge in [0.1, 0.15) is 18.4 Å². The van der Waals surface area contributed by atoms with Gasteiger partial charge in [-0.15, -0.1) is 0 Å². The van der Waals surface area contributed by atoms with Crippen LogP contribution in [0.2, 0.25) is 0 Å². The number of pyridine rings is 1. The van der Waals surface area contributed by atoms with Gasteiger partial charge >= 0.3 is 0 Å². The van der Waals surface area contributed by atoms with E-state index in [1.807, 2.05) is 45.9 Å². The van der Waals surface area contributed by atoms with Crippen molar-refractivity contribution in [1.82, 2.24) is 19.9 Å². The van der Waals surface area contributed by atoms with Gasteiger partial charge in [0.2, 0.25) is 11.8 Å². The lowest BCUT2D eigenvalue weighted by atomic mass is 9.87. The first kappa shape index (κ1) is 34.3. The van der Waals surface area contributed by atoms with Gasteiger partial charge in [-0.3, -0.25) is 9.78 Å². The number of nitrogens with one attached hydrogen (secondary N) is 1. The summed E-state index contributed by atoms with van der Waals surface area (Å²) in [5, 5.41) is 10.1. The van der Waals surface area contributed by atoms with Gasteiger partial charge in [0.15, 0.2) is 0 Å². The molecule has 250 valence electrons. The SMILES string of the molecule is Cc1cccc(C)c1-c1cc2nc(n1)NS(=O)(=O)c1cccc(c1)C(=O)N(Cc1ncc(OC(C)C)cc1C#N)[C@H](CC(C)(C)C)CO2. The van der Waals surface area contributed by atoms with Crippen molar-refractivity contribution in [3.8, 4) is 29.0 Å². The van der Waals surface area contributed by atoms with Crippen LogP contribution >= 0.6 is 0 Å². The molecule has 1 aliphatic rings. The Hall–Kier alpha value is -5.02. The molecule has 0 aliphatic carbocycles. The van der Waals surface area contributed by atoms with Gasteiger partial charge in [-0.05, 0) is 68.9 Å². The van der Waals surface area contributed by atoms with E-state index < -0.39 is 22.0 Å². The van der Waals surface area contributed by atoms with Gasteiger partial charge in [0, 0.05) is 23.3 Å². The number of rotatable bonds is 6. The van der Waals surface area contributed by atoms with Crippen LogP contribution in [0.1, 0.15) is 73.8 Å². The molecule has 0 fully saturated rings. The van der Waals surface area contributed by atoms with Gasteiger partial charge in [0.25, 0.3) is 15.9 Å². The number of aryl methyl sites for hydroxylation is 2. The van der Waals surface area contributed by atoms with Crippen LogP contribution in [0.3, 0.4) is 0 Å². The summed E-state index contributed by atoms with van der Waals surface area (Å²) in [6.45, 7) is 13.8. The van der Waals surface area contributed by atoms with Crippen molar-refractivity contribution < 1.29 is 22.7 Å². The van der Waals surface area contributed by atoms with E-state index in [2.05, 4.69) is 46.5 Å². The molecule has 0 radical (unpaired) electrons. The summed E-state index contributed by atoms with van der Waals surface area (Å²) < 4.78 is 41.9. The molecule has 0 saturated carbocycles. The molecule has 0 unspecified atom stereocenters. The Balaban J connectivity index is 1.67. The first-order chi connectivity index (χ1) is 22.6. The second-order valence-corrected chi connectivity index (χ2v) is 15.1. The first-order valence-corrected chi connectivity index (χ1v) is 17.2. The topological polar surface area (TPSA) is 147 Å². The molecule has 0 spiro atoms. The van der Waals surface area contributed by atoms with Crippen molar-refractivity contribution in [3.63, 3.8) is 0 Å². The van der Waals surface area contributed by atoms with Crippen LogP contribution in [0.5, 0.6) is 11.6 Å². The number of carbonyl (C=O) groups excluding carboxylic acids is 1. The number of nitriles is 1. The maximum absolute atomic E-state index is 14.4. The lowest BCUT2D eigenvalue weighted by Crippen LogP contribution is -2.45. The molecule has 48 heavy (non-hydrogen) atoms. The molecule has 1 atom stereocenters. The van der Waals surface area contributed by atoms with Gasteiger partial charge in [-0.25, -0.2) is 18.1 Å². The Morgan fingerprint density at radius 2 is 1.79 bits per heavy atom. The molecule has 2 aromatic heterocycles. The van der Waals surface area contributed by atoms with E-state index >= 15 is 0 Å². The standard InChI is InChI=1S/C36H40N6O5S/c1-22(2)47-28-14-26(18-37)31(38-19-28)20-42-27(17-36(5,6)7)21-46-32-16-30(33-23(3)10-8-11-24(33)4)39-35(40-32)41-48(44,45)29-13-9-12-25(15-29)34(42)43/h8-16,19,22,27H,17,20-21H2,1-7H3,(H,39,40,41)/t27-/m1/s1. The number of aromatic nitrogens is 3. The fourth-order valence-electron chi connectivity index (χ4n) is 5.74. The third kappa shape index (κ3) is 7.91. The van der Waals surface area contributed by atoms with Crippen molar-refractivity contribution in [2.24, 2.45) is 5.41 Å². The first-order valence-electron chi connectivity index (χ1n) is 15.7. The molecule has 4 bridgehead atoms. The van der Waals surface area contributed by atoms with Crippen molar-refractivity contribution >= 4 is 21.9 Å². The van der Waals surface area contributed by atoms with Crippen molar-refractivity contribution in [2.45, 2.75) is 78.5 Å². The fourth-order valence-corrected chi connectivity index (χ4v) is 6.73. The van der Waals surface area contributed by atoms with Gasteiger partial charge in [-0.2, -0.15) is 10.2 Å². The molecule has 2 aromatic carbocycles. The van der Waals surface area contributed by atoms with Crippen molar-refractivity contribution in [1.29, 1.82) is 5.26 Å². The molecule has 1 N–H and O–H groups in total. The summed E-state index contributed by atoms with van der Waals surface area (Å²) in [6.07, 6.45) is 1.92. The molecular formula is C36H40N6O5S. The van der Waals surface area contributed by atoms with E-state index in [9.17, 15) is 18.5 Å². The van der Waals surface area contributed by atoms with E-state index in [0.29, 0.717) is 23.6 Å². The van der Waals surface area contributed by atoms with E-state index in [-0.39, 0.29) is 52.5 Å². The average molecular weight is 669 g/mol. The fraction of sp³-hybridized carbons (Fsp3) is 0.361. The minimum absolute atomic E-state index is 0.0224. The minimum atomic E-state index is -4.22. The van der Waals surface area contributed by atoms with E-state index in [0.717, 1.165) is 16.7 Å². The molecular weight excluding hydrogens is 629 g/mol. The summed E-state index contributed by atoms with van der Waals surface area (Å²) in [5.74, 6) is -0.00672. The monoisotopic (exact) mass is 668 g/mol. The highest BCUT2D eigenvalue weighted by Crippen LogP contribution is 2.32. The molecule has 1 aliphatic heterocycles. The van der Waals surface area contributed by atoms with E-state index in [1.165, 1.54) is 24.4 Å². The van der Waals surface area contributed by atoms with Gasteiger partial charge < -0.3 is 14.4 Å². The van der Waals surface area contributed by atoms with Crippen molar-refractivity contribution in [2.75, 3.05) is 11.3 Å². The van der Waals surface area contributed by atoms with Crippen LogP contribution in [0.4, 0.5) is 5.95 Å². The van der Waals surface area contributed by atoms with E-state index in [4.69, 9.17) is 9.47 Å². The second-order valence-electron chi connectivity index (χ2n) is 13.4. The number of sulfonamides is 1. The number of hydrogen-bond donors (Lipinski definition) is 1. The van der Waals surface area contributed by atoms with Crippen LogP contribution in [-0.4, -0.2) is 52.9 Å². The predicted molar refractivity (Wildman–Crippen MR) is 182 cm³/mol. The van der Waals surface area contributed by atoms with E-state index in [1.54, 1.807) is 23.1 Å². The van der Waals surface area contributed by atoms with Crippen molar-refractivity contribution in [3.05, 3.63) is 88.7 Å². The largest absolute Gasteiger partial charge is 0.489 e. The molecule has 12 heteroatoms. The molecule has 0 saturated heterocycles. The Morgan fingerprint density at radius 3 is 2.46 bits per heavy atom. The third-order valence-corrected chi connectivity index (χ3v) is 9.11. The number of carbonyl (C=O) groups is 1. The van der Waals surface area contributed by atoms with Crippen LogP contribution < -0.4 is 14.2 Å². The summed E-state index contributed by atoms with van der Waals surface area (Å²) in [6, 6.07) is 16.6. The maximum atomic E-state index is 14.4. The molecule has 11 nitrogen and oxygen atoms in total. The highest BCUT2D eigenvalue weighted by Gasteiger charge is 2.32. The van der Waals surface area contributed by atoms with Gasteiger partial charge in [0.05, 0.1) is 46.7 Å². The normalized spacial score (nSPS) is 16.1. The lowest BCUT2D eigenvalue weighted by Gasteiger charge is -2.35. The highest BCUT2D eigenvalue weighted by molar-refractivity contribution is 7.92. The second kappa shape index (κ2) is 13.6. The molecule has 3 heterocycles. The quantitative estimate of drug-likeness (QED) is 0.245. The zero-order valence-corrected chi connectivity index (χ0v) is 29.1. The number of hydrogen-bond acceptors (Lipinski definition) is 9. The summed E-state index contributed by atoms with van der Waals surface area (Å²) in [7, 11) is -4.22. The number of fused-ring (bicyclic) bond motifs is 4. The smallest absolute Gasteiger partial charge is 0.264 e. The lowest BCUT2D eigenvalue weighted by molar-refractivity contribution is 0.0509. The van der Waals surface area contributed by atoms with Crippen LogP contribution in [0, 0.1) is 30.6 Å². The Kier molecular flexibility index (Phi) is 9.73. The number of benzene rings is 2. The zero-order valence-electron chi connectivity index (χ0n) is 28.2. The Labute approximate surface area is 282 Å². The summed E-state index contributed by atoms with van der Waals surface area (Å²) in [4.78, 5) is 29.5. The molecule has 5 rings (SSSR count). The Bertz CT molecular complexity index is 1980. The molecule has 1 amide bonds. The van der Waals surface area contributed by atoms with Crippen LogP contribution in [0.15, 0.2) is 65.7 Å². The number of anilines is 1. The van der Waals surface area contributed by atoms with Crippen LogP contribution in [-0.2, 0) is 16.6 Å². The number of nitrogens with zero attached hydrogens (tertiary/aromatic N) is 5. The molecule has 4 aromatic rings. The number of amides is 1. The van der Waals surface area contributed by atoms with Crippen LogP contribution in [0.25, 0.3) is 11.3 Å². The third-order valence-electron chi connectivity index (χ3n) is 7.79. The number of ether oxygens (including phenoxy) is 2. The summed E-state index contributed by atoms with van der Waals surface area (Å²) >= 11 is 0. The minimum Gasteiger partial charge on any atom is -0.489 e. The predicted octanol–water partition coefficient (Wildman–Crippen LogP) is 6.45. The Morgan fingerprint density at radius 1 is 1.08 bits per heavy atom. The zero-order chi connectivity index (χ0) is 34.8.